The predicted octanol–water partition coefficient (Wildman–Crippen LogP) is -1.52. The van der Waals surface area contributed by atoms with E-state index in [1.807, 2.05) is 0 Å². The molecule has 0 aromatic carbocycles. The summed E-state index contributed by atoms with van der Waals surface area (Å²) in [5, 5.41) is 29.6. The molecule has 0 rings (SSSR count). The molecule has 26 heavy (non-hydrogen) atoms. The van der Waals surface area contributed by atoms with Gasteiger partial charge in [-0.25, -0.2) is 0 Å². The van der Waals surface area contributed by atoms with Gasteiger partial charge in [-0.15, -0.1) is 0 Å². The molecule has 0 radical (unpaired) electrons. The van der Waals surface area contributed by atoms with Crippen LogP contribution in [0.3, 0.4) is 0 Å². The van der Waals surface area contributed by atoms with Crippen molar-refractivity contribution in [1.29, 1.82) is 0 Å². The Balaban J connectivity index is 0. The Bertz CT molecular complexity index is 375. The minimum Gasteiger partial charge on any atom is -0.549 e. The van der Waals surface area contributed by atoms with E-state index in [2.05, 4.69) is 6.92 Å². The minimum atomic E-state index is -1.61. The largest absolute Gasteiger partial charge is 1.00 e. The van der Waals surface area contributed by atoms with Crippen LogP contribution in [0.2, 0.25) is 0 Å². The molecule has 1 unspecified atom stereocenters. The Morgan fingerprint density at radius 3 is 1.69 bits per heavy atom. The molecule has 0 aromatic heterocycles. The smallest absolute Gasteiger partial charge is 0.549 e. The first kappa shape index (κ1) is 28.1. The fraction of sp³-hybridized carbons (Fsp3) is 0.895. The third-order valence-electron chi connectivity index (χ3n) is 4.73. The Kier molecular flexibility index (Phi) is 18.3. The van der Waals surface area contributed by atoms with Gasteiger partial charge >= 0.3 is 29.6 Å². The van der Waals surface area contributed by atoms with Crippen molar-refractivity contribution in [3.63, 3.8) is 0 Å². The van der Waals surface area contributed by atoms with Crippen LogP contribution in [0.15, 0.2) is 0 Å². The molecule has 0 aliphatic rings. The normalized spacial score (nSPS) is 12.9. The predicted molar refractivity (Wildman–Crippen MR) is 95.7 cm³/mol. The van der Waals surface area contributed by atoms with E-state index < -0.39 is 17.3 Å². The van der Waals surface area contributed by atoms with Gasteiger partial charge in [-0.1, -0.05) is 64.7 Å². The summed E-state index contributed by atoms with van der Waals surface area (Å²) in [5.41, 5.74) is -1.61. The average Bonchev–Trinajstić information content (AvgIpc) is 2.59. The van der Waals surface area contributed by atoms with Crippen molar-refractivity contribution in [3.8, 4) is 0 Å². The summed E-state index contributed by atoms with van der Waals surface area (Å²) in [7, 11) is 0. The van der Waals surface area contributed by atoms with Crippen molar-refractivity contribution in [3.05, 3.63) is 0 Å². The van der Waals surface area contributed by atoms with Crippen LogP contribution < -0.4 is 34.7 Å². The summed E-state index contributed by atoms with van der Waals surface area (Å²) >= 11 is 0. The van der Waals surface area contributed by atoms with Crippen LogP contribution in [-0.2, 0) is 9.59 Å². The number of hydrogen-bond donors (Lipinski definition) is 2. The number of carbonyl (C=O) groups excluding carboxylic acids is 2. The summed E-state index contributed by atoms with van der Waals surface area (Å²) < 4.78 is 0. The van der Waals surface area contributed by atoms with E-state index in [-0.39, 0.29) is 62.3 Å². The van der Waals surface area contributed by atoms with Crippen LogP contribution in [-0.4, -0.2) is 53.3 Å². The van der Waals surface area contributed by atoms with Gasteiger partial charge in [0.05, 0.1) is 24.6 Å². The zero-order valence-corrected chi connectivity index (χ0v) is 19.0. The number of amides is 1. The topological polar surface area (TPSA) is 101 Å². The van der Waals surface area contributed by atoms with Crippen molar-refractivity contribution in [2.45, 2.75) is 78.1 Å². The number of rotatable bonds is 16. The quantitative estimate of drug-likeness (QED) is 0.192. The number of nitrogens with zero attached hydrogens (tertiary/aromatic N) is 1. The Morgan fingerprint density at radius 2 is 1.31 bits per heavy atom. The van der Waals surface area contributed by atoms with E-state index in [4.69, 9.17) is 10.2 Å². The summed E-state index contributed by atoms with van der Waals surface area (Å²) in [6.07, 6.45) is 10.2. The van der Waals surface area contributed by atoms with Gasteiger partial charge in [-0.3, -0.25) is 4.79 Å². The molecule has 0 fully saturated rings. The number of unbranched alkanes of at least 4 members (excludes halogenated alkanes) is 8. The molecule has 148 valence electrons. The molecule has 0 heterocycles. The molecule has 1 amide bonds. The third kappa shape index (κ3) is 10.9. The maximum atomic E-state index is 12.5. The zero-order chi connectivity index (χ0) is 19.1. The fourth-order valence-electron chi connectivity index (χ4n) is 2.99. The van der Waals surface area contributed by atoms with Gasteiger partial charge in [-0.05, 0) is 13.3 Å². The van der Waals surface area contributed by atoms with Crippen molar-refractivity contribution in [1.82, 2.24) is 4.90 Å². The third-order valence-corrected chi connectivity index (χ3v) is 4.73. The van der Waals surface area contributed by atoms with Gasteiger partial charge in [0.2, 0.25) is 5.91 Å². The van der Waals surface area contributed by atoms with Crippen LogP contribution in [0.25, 0.3) is 0 Å². The van der Waals surface area contributed by atoms with Gasteiger partial charge < -0.3 is 25.0 Å². The molecule has 0 saturated heterocycles. The summed E-state index contributed by atoms with van der Waals surface area (Å²) in [6.45, 7) is 3.06. The monoisotopic (exact) mass is 381 g/mol. The van der Waals surface area contributed by atoms with Gasteiger partial charge in [0.15, 0.2) is 0 Å². The van der Waals surface area contributed by atoms with Crippen molar-refractivity contribution < 1.29 is 54.5 Å². The van der Waals surface area contributed by atoms with Gasteiger partial charge in [0, 0.05) is 13.1 Å². The SMILES string of the molecule is CCCCCCCCCCCC(C)(C(=O)[O-])C(=O)N(CCO)CCO.[Na+]. The molecule has 1 atom stereocenters. The minimum absolute atomic E-state index is 0. The maximum Gasteiger partial charge on any atom is 1.00 e. The Hall–Kier alpha value is -0.140. The van der Waals surface area contributed by atoms with E-state index in [0.717, 1.165) is 19.3 Å². The standard InChI is InChI=1S/C19H37NO5.Na/c1-3-4-5-6-7-8-9-10-11-12-19(2,18(24)25)17(23)20(13-15-21)14-16-22;/h21-22H,3-16H2,1-2H3,(H,24,25);/q;+1/p-1. The Labute approximate surface area is 180 Å². The maximum absolute atomic E-state index is 12.5. The van der Waals surface area contributed by atoms with Gasteiger partial charge in [-0.2, -0.15) is 0 Å². The molecule has 7 heteroatoms. The van der Waals surface area contributed by atoms with Crippen molar-refractivity contribution >= 4 is 11.9 Å². The molecular weight excluding hydrogens is 345 g/mol. The van der Waals surface area contributed by atoms with Crippen LogP contribution in [0, 0.1) is 5.41 Å². The summed E-state index contributed by atoms with van der Waals surface area (Å²) in [5.74, 6) is -1.98. The molecular formula is C19H36NNaO5. The van der Waals surface area contributed by atoms with E-state index in [1.54, 1.807) is 0 Å². The molecule has 6 nitrogen and oxygen atoms in total. The summed E-state index contributed by atoms with van der Waals surface area (Å²) in [6, 6.07) is 0. The van der Waals surface area contributed by atoms with E-state index in [1.165, 1.54) is 43.9 Å². The number of aliphatic hydroxyl groups excluding tert-OH is 2. The van der Waals surface area contributed by atoms with E-state index in [0.29, 0.717) is 6.42 Å². The first-order valence-corrected chi connectivity index (χ1v) is 9.66. The zero-order valence-electron chi connectivity index (χ0n) is 17.0. The van der Waals surface area contributed by atoms with E-state index >= 15 is 0 Å². The molecule has 0 saturated carbocycles. The fourth-order valence-corrected chi connectivity index (χ4v) is 2.99. The van der Waals surface area contributed by atoms with Crippen molar-refractivity contribution in [2.24, 2.45) is 5.41 Å². The average molecular weight is 381 g/mol. The number of carboxylic acids is 1. The molecule has 0 aliphatic heterocycles. The van der Waals surface area contributed by atoms with Crippen LogP contribution in [0.1, 0.15) is 78.1 Å². The number of carbonyl (C=O) groups is 2. The van der Waals surface area contributed by atoms with Gasteiger partial charge in [0.1, 0.15) is 0 Å². The van der Waals surface area contributed by atoms with Crippen LogP contribution in [0.5, 0.6) is 0 Å². The molecule has 0 aliphatic carbocycles. The van der Waals surface area contributed by atoms with Gasteiger partial charge in [0.25, 0.3) is 0 Å². The second-order valence-electron chi connectivity index (χ2n) is 6.94. The summed E-state index contributed by atoms with van der Waals surface area (Å²) in [4.78, 5) is 25.3. The number of hydrogen-bond acceptors (Lipinski definition) is 5. The second kappa shape index (κ2) is 17.0. The van der Waals surface area contributed by atoms with Crippen LogP contribution >= 0.6 is 0 Å². The number of aliphatic hydroxyl groups is 2. The second-order valence-corrected chi connectivity index (χ2v) is 6.94. The molecule has 0 bridgehead atoms. The van der Waals surface area contributed by atoms with Crippen LogP contribution in [0.4, 0.5) is 0 Å². The van der Waals surface area contributed by atoms with Crippen molar-refractivity contribution in [2.75, 3.05) is 26.3 Å². The molecule has 0 spiro atoms. The molecule has 2 N–H and O–H groups in total. The first-order chi connectivity index (χ1) is 11.9. The number of aliphatic carboxylic acids is 1. The number of carboxylic acid groups (broad SMARTS) is 1. The first-order valence-electron chi connectivity index (χ1n) is 9.66. The van der Waals surface area contributed by atoms with E-state index in [9.17, 15) is 14.7 Å². The molecule has 0 aromatic rings. The Morgan fingerprint density at radius 1 is 0.885 bits per heavy atom.